The summed E-state index contributed by atoms with van der Waals surface area (Å²) in [7, 11) is 1.58. The molecule has 0 spiro atoms. The summed E-state index contributed by atoms with van der Waals surface area (Å²) < 4.78 is 4.91. The third kappa shape index (κ3) is 3.25. The van der Waals surface area contributed by atoms with Crippen LogP contribution in [-0.4, -0.2) is 23.3 Å². The molecule has 0 saturated heterocycles. The van der Waals surface area contributed by atoms with E-state index in [-0.39, 0.29) is 0 Å². The zero-order chi connectivity index (χ0) is 9.68. The average molecular weight is 179 g/mol. The molecule has 0 radical (unpaired) electrons. The lowest BCUT2D eigenvalue weighted by Crippen LogP contribution is -1.91. The highest BCUT2D eigenvalue weighted by molar-refractivity contribution is 5.48. The summed E-state index contributed by atoms with van der Waals surface area (Å²) in [4.78, 5) is 4.02. The molecule has 0 aromatic carbocycles. The van der Waals surface area contributed by atoms with Crippen molar-refractivity contribution >= 4 is 6.08 Å². The maximum absolute atomic E-state index is 8.98. The van der Waals surface area contributed by atoms with Crippen LogP contribution in [0.3, 0.4) is 0 Å². The first-order chi connectivity index (χ1) is 6.22. The van der Waals surface area contributed by atoms with Gasteiger partial charge in [-0.05, 0) is 18.6 Å². The Hall–Kier alpha value is -1.35. The molecule has 3 heteroatoms. The number of methoxy groups -OCH3 is 1. The van der Waals surface area contributed by atoms with E-state index in [1.54, 1.807) is 32.4 Å². The lowest BCUT2D eigenvalue weighted by Gasteiger charge is -1.98. The zero-order valence-corrected chi connectivity index (χ0v) is 7.77. The van der Waals surface area contributed by atoms with Gasteiger partial charge >= 0.3 is 0 Å². The number of pyridine rings is 1. The number of aromatic nitrogens is 1. The highest BCUT2D eigenvalue weighted by Gasteiger charge is 1.92. The minimum Gasteiger partial charge on any atom is -0.481 e. The molecule has 0 aliphatic carbocycles. The Morgan fingerprint density at radius 1 is 1.54 bits per heavy atom. The fraction of sp³-hybridized carbons (Fsp3) is 0.300. The third-order valence-corrected chi connectivity index (χ3v) is 1.54. The van der Waals surface area contributed by atoms with Crippen molar-refractivity contribution in [3.05, 3.63) is 30.0 Å². The van der Waals surface area contributed by atoms with Crippen LogP contribution < -0.4 is 4.74 Å². The van der Waals surface area contributed by atoms with Crippen LogP contribution in [0.1, 0.15) is 12.5 Å². The van der Waals surface area contributed by atoms with Gasteiger partial charge in [-0.3, -0.25) is 0 Å². The van der Waals surface area contributed by atoms with Crippen molar-refractivity contribution in [3.8, 4) is 5.88 Å². The number of ether oxygens (including phenoxy) is 1. The van der Waals surface area contributed by atoms with Crippen molar-refractivity contribution in [1.29, 1.82) is 0 Å². The monoisotopic (exact) mass is 179 g/mol. The Labute approximate surface area is 77.7 Å². The quantitative estimate of drug-likeness (QED) is 0.764. The first-order valence-corrected chi connectivity index (χ1v) is 4.08. The van der Waals surface area contributed by atoms with E-state index in [1.165, 1.54) is 0 Å². The summed E-state index contributed by atoms with van der Waals surface area (Å²) in [6.45, 7) is 1.70. The van der Waals surface area contributed by atoms with Crippen LogP contribution >= 0.6 is 0 Å². The molecule has 0 aliphatic rings. The lowest BCUT2D eigenvalue weighted by atomic mass is 10.2. The highest BCUT2D eigenvalue weighted by Crippen LogP contribution is 2.08. The van der Waals surface area contributed by atoms with E-state index in [1.807, 2.05) is 12.1 Å². The minimum absolute atomic E-state index is 0.429. The van der Waals surface area contributed by atoms with E-state index in [0.717, 1.165) is 5.56 Å². The summed E-state index contributed by atoms with van der Waals surface area (Å²) >= 11 is 0. The summed E-state index contributed by atoms with van der Waals surface area (Å²) in [6.07, 6.45) is 4.78. The van der Waals surface area contributed by atoms with Crippen molar-refractivity contribution in [2.24, 2.45) is 0 Å². The predicted octanol–water partition coefficient (Wildman–Crippen LogP) is 1.48. The summed E-state index contributed by atoms with van der Waals surface area (Å²) in [5, 5.41) is 8.98. The Kier molecular flexibility index (Phi) is 3.46. The van der Waals surface area contributed by atoms with Gasteiger partial charge in [0.2, 0.25) is 5.88 Å². The topological polar surface area (TPSA) is 42.4 Å². The maximum atomic E-state index is 8.98. The first-order valence-electron chi connectivity index (χ1n) is 4.08. The van der Waals surface area contributed by atoms with E-state index >= 15 is 0 Å². The van der Waals surface area contributed by atoms with Crippen molar-refractivity contribution < 1.29 is 9.84 Å². The SMILES string of the molecule is COc1ccc(/C=C/C(C)O)cn1. The molecule has 3 nitrogen and oxygen atoms in total. The average Bonchev–Trinajstić information content (AvgIpc) is 2.15. The second-order valence-corrected chi connectivity index (χ2v) is 2.73. The Balaban J connectivity index is 2.69. The van der Waals surface area contributed by atoms with Crippen LogP contribution in [0.2, 0.25) is 0 Å². The van der Waals surface area contributed by atoms with E-state index < -0.39 is 6.10 Å². The molecule has 0 saturated carbocycles. The molecule has 1 unspecified atom stereocenters. The summed E-state index contributed by atoms with van der Waals surface area (Å²) in [6, 6.07) is 3.66. The molecule has 0 amide bonds. The van der Waals surface area contributed by atoms with Gasteiger partial charge in [0.15, 0.2) is 0 Å². The molecule has 1 heterocycles. The largest absolute Gasteiger partial charge is 0.481 e. The smallest absolute Gasteiger partial charge is 0.212 e. The molecule has 1 aromatic heterocycles. The van der Waals surface area contributed by atoms with Gasteiger partial charge in [0, 0.05) is 12.3 Å². The number of aliphatic hydroxyl groups excluding tert-OH is 1. The zero-order valence-electron chi connectivity index (χ0n) is 7.77. The predicted molar refractivity (Wildman–Crippen MR) is 51.5 cm³/mol. The van der Waals surface area contributed by atoms with Gasteiger partial charge in [-0.2, -0.15) is 0 Å². The van der Waals surface area contributed by atoms with Crippen LogP contribution in [0.15, 0.2) is 24.4 Å². The Morgan fingerprint density at radius 2 is 2.31 bits per heavy atom. The number of hydrogen-bond acceptors (Lipinski definition) is 3. The van der Waals surface area contributed by atoms with Gasteiger partial charge in [-0.15, -0.1) is 0 Å². The number of rotatable bonds is 3. The maximum Gasteiger partial charge on any atom is 0.212 e. The van der Waals surface area contributed by atoms with E-state index in [9.17, 15) is 0 Å². The third-order valence-electron chi connectivity index (χ3n) is 1.54. The van der Waals surface area contributed by atoms with Crippen molar-refractivity contribution in [1.82, 2.24) is 4.98 Å². The number of hydrogen-bond donors (Lipinski definition) is 1. The fourth-order valence-corrected chi connectivity index (χ4v) is 0.861. The number of aliphatic hydroxyl groups is 1. The second kappa shape index (κ2) is 4.62. The second-order valence-electron chi connectivity index (χ2n) is 2.73. The van der Waals surface area contributed by atoms with Crippen molar-refractivity contribution in [2.75, 3.05) is 7.11 Å². The van der Waals surface area contributed by atoms with Crippen LogP contribution in [0, 0.1) is 0 Å². The van der Waals surface area contributed by atoms with Crippen molar-refractivity contribution in [2.45, 2.75) is 13.0 Å². The Bertz CT molecular complexity index is 277. The fourth-order valence-electron chi connectivity index (χ4n) is 0.861. The van der Waals surface area contributed by atoms with Crippen molar-refractivity contribution in [3.63, 3.8) is 0 Å². The van der Waals surface area contributed by atoms with Crippen LogP contribution in [0.25, 0.3) is 6.08 Å². The molecule has 0 fully saturated rings. The lowest BCUT2D eigenvalue weighted by molar-refractivity contribution is 0.245. The molecular formula is C10H13NO2. The highest BCUT2D eigenvalue weighted by atomic mass is 16.5. The van der Waals surface area contributed by atoms with Gasteiger partial charge < -0.3 is 9.84 Å². The summed E-state index contributed by atoms with van der Waals surface area (Å²) in [5.74, 6) is 0.592. The van der Waals surface area contributed by atoms with Gasteiger partial charge in [0.1, 0.15) is 0 Å². The van der Waals surface area contributed by atoms with Gasteiger partial charge in [-0.1, -0.05) is 12.2 Å². The molecule has 0 aliphatic heterocycles. The molecular weight excluding hydrogens is 166 g/mol. The standard InChI is InChI=1S/C10H13NO2/c1-8(12)3-4-9-5-6-10(13-2)11-7-9/h3-8,12H,1-2H3/b4-3+. The molecule has 13 heavy (non-hydrogen) atoms. The molecule has 1 N–H and O–H groups in total. The van der Waals surface area contributed by atoms with Gasteiger partial charge in [0.05, 0.1) is 13.2 Å². The molecule has 1 aromatic rings. The van der Waals surface area contributed by atoms with Crippen LogP contribution in [0.5, 0.6) is 5.88 Å². The van der Waals surface area contributed by atoms with Gasteiger partial charge in [-0.25, -0.2) is 4.98 Å². The Morgan fingerprint density at radius 3 is 2.77 bits per heavy atom. The van der Waals surface area contributed by atoms with Gasteiger partial charge in [0.25, 0.3) is 0 Å². The molecule has 1 atom stereocenters. The molecule has 70 valence electrons. The van der Waals surface area contributed by atoms with Crippen LogP contribution in [-0.2, 0) is 0 Å². The first kappa shape index (κ1) is 9.74. The minimum atomic E-state index is -0.429. The van der Waals surface area contributed by atoms with E-state index in [0.29, 0.717) is 5.88 Å². The molecule has 0 bridgehead atoms. The van der Waals surface area contributed by atoms with Crippen LogP contribution in [0.4, 0.5) is 0 Å². The normalized spacial score (nSPS) is 13.2. The molecule has 1 rings (SSSR count). The van der Waals surface area contributed by atoms with E-state index in [4.69, 9.17) is 9.84 Å². The van der Waals surface area contributed by atoms with E-state index in [2.05, 4.69) is 4.98 Å². The summed E-state index contributed by atoms with van der Waals surface area (Å²) in [5.41, 5.74) is 0.946. The number of nitrogens with zero attached hydrogens (tertiary/aromatic N) is 1.